The van der Waals surface area contributed by atoms with E-state index in [9.17, 15) is 9.59 Å². The molecule has 0 fully saturated rings. The first-order valence-electron chi connectivity index (χ1n) is 9.98. The van der Waals surface area contributed by atoms with Gasteiger partial charge in [0.05, 0.1) is 28.9 Å². The van der Waals surface area contributed by atoms with E-state index >= 15 is 0 Å². The lowest BCUT2D eigenvalue weighted by Gasteiger charge is -2.16. The van der Waals surface area contributed by atoms with Gasteiger partial charge in [0.15, 0.2) is 5.76 Å². The van der Waals surface area contributed by atoms with Crippen LogP contribution < -0.4 is 10.6 Å². The number of nitrogens with one attached hydrogen (secondary N) is 2. The minimum absolute atomic E-state index is 0.0488. The summed E-state index contributed by atoms with van der Waals surface area (Å²) in [6.45, 7) is 5.46. The van der Waals surface area contributed by atoms with Gasteiger partial charge in [-0.3, -0.25) is 9.59 Å². The Morgan fingerprint density at radius 2 is 1.94 bits per heavy atom. The Morgan fingerprint density at radius 3 is 2.61 bits per heavy atom. The maximum atomic E-state index is 13.2. The zero-order valence-electron chi connectivity index (χ0n) is 17.4. The van der Waals surface area contributed by atoms with E-state index < -0.39 is 0 Å². The molecule has 3 aromatic heterocycles. The van der Waals surface area contributed by atoms with Crippen molar-refractivity contribution in [2.45, 2.75) is 33.2 Å². The van der Waals surface area contributed by atoms with E-state index in [0.717, 1.165) is 5.56 Å². The molecule has 1 atom stereocenters. The number of anilines is 1. The molecule has 0 aliphatic carbocycles. The summed E-state index contributed by atoms with van der Waals surface area (Å²) >= 11 is 0. The van der Waals surface area contributed by atoms with Crippen LogP contribution in [-0.2, 0) is 4.79 Å². The number of nitrogens with zero attached hydrogens (tertiary/aromatic N) is 2. The molecule has 0 saturated heterocycles. The molecule has 0 radical (unpaired) electrons. The monoisotopic (exact) mass is 418 g/mol. The van der Waals surface area contributed by atoms with Crippen molar-refractivity contribution in [2.75, 3.05) is 5.32 Å². The molecule has 8 heteroatoms. The van der Waals surface area contributed by atoms with Gasteiger partial charge in [0.1, 0.15) is 5.69 Å². The fraction of sp³-hybridized carbons (Fsp3) is 0.217. The van der Waals surface area contributed by atoms with Gasteiger partial charge in [0.2, 0.25) is 5.91 Å². The molecule has 0 spiro atoms. The summed E-state index contributed by atoms with van der Waals surface area (Å²) in [4.78, 5) is 29.1. The highest BCUT2D eigenvalue weighted by Gasteiger charge is 2.21. The predicted molar refractivity (Wildman–Crippen MR) is 115 cm³/mol. The summed E-state index contributed by atoms with van der Waals surface area (Å²) in [5.41, 5.74) is 3.38. The van der Waals surface area contributed by atoms with E-state index in [1.807, 2.05) is 31.2 Å². The normalized spacial score (nSPS) is 12.0. The standard InChI is InChI=1S/C23H22N4O4/c1-4-20(28)25-16-9-7-15(8-10-16)13(2)24-22(29)17-12-18(19-6-5-11-30-19)26-23-21(17)14(3)27-31-23/h5-13H,4H2,1-3H3,(H,24,29)(H,25,28). The van der Waals surface area contributed by atoms with Gasteiger partial charge in [-0.15, -0.1) is 0 Å². The maximum absolute atomic E-state index is 13.2. The van der Waals surface area contributed by atoms with Gasteiger partial charge in [-0.1, -0.05) is 24.2 Å². The van der Waals surface area contributed by atoms with E-state index in [1.54, 1.807) is 38.3 Å². The van der Waals surface area contributed by atoms with Crippen molar-refractivity contribution in [3.8, 4) is 11.5 Å². The number of pyridine rings is 1. The van der Waals surface area contributed by atoms with E-state index in [1.165, 1.54) is 0 Å². The molecule has 1 unspecified atom stereocenters. The number of carbonyl (C=O) groups excluding carboxylic acids is 2. The third-order valence-corrected chi connectivity index (χ3v) is 5.00. The molecule has 2 amide bonds. The third-order valence-electron chi connectivity index (χ3n) is 5.00. The van der Waals surface area contributed by atoms with E-state index in [2.05, 4.69) is 20.8 Å². The minimum Gasteiger partial charge on any atom is -0.463 e. The van der Waals surface area contributed by atoms with Crippen molar-refractivity contribution in [2.24, 2.45) is 0 Å². The molecule has 0 aliphatic heterocycles. The Bertz CT molecular complexity index is 1230. The molecule has 0 bridgehead atoms. The zero-order valence-corrected chi connectivity index (χ0v) is 17.4. The maximum Gasteiger partial charge on any atom is 0.259 e. The lowest BCUT2D eigenvalue weighted by Crippen LogP contribution is -2.27. The molecule has 4 rings (SSSR count). The van der Waals surface area contributed by atoms with Crippen molar-refractivity contribution in [1.82, 2.24) is 15.5 Å². The van der Waals surface area contributed by atoms with Gasteiger partial charge >= 0.3 is 0 Å². The average Bonchev–Trinajstić information content (AvgIpc) is 3.44. The van der Waals surface area contributed by atoms with Gasteiger partial charge in [0.25, 0.3) is 11.6 Å². The van der Waals surface area contributed by atoms with Gasteiger partial charge < -0.3 is 19.6 Å². The number of fused-ring (bicyclic) bond motifs is 1. The molecule has 3 heterocycles. The molecule has 0 aliphatic rings. The van der Waals surface area contributed by atoms with Crippen molar-refractivity contribution < 1.29 is 18.5 Å². The molecular weight excluding hydrogens is 396 g/mol. The number of furan rings is 1. The summed E-state index contributed by atoms with van der Waals surface area (Å²) in [6, 6.07) is 12.3. The lowest BCUT2D eigenvalue weighted by molar-refractivity contribution is -0.115. The molecule has 4 aromatic rings. The minimum atomic E-state index is -0.276. The van der Waals surface area contributed by atoms with Crippen LogP contribution in [0.1, 0.15) is 47.9 Å². The summed E-state index contributed by atoms with van der Waals surface area (Å²) in [5, 5.41) is 10.3. The molecule has 1 aromatic carbocycles. The van der Waals surface area contributed by atoms with Gasteiger partial charge in [-0.2, -0.15) is 0 Å². The first-order valence-corrected chi connectivity index (χ1v) is 9.98. The largest absolute Gasteiger partial charge is 0.463 e. The Morgan fingerprint density at radius 1 is 1.16 bits per heavy atom. The van der Waals surface area contributed by atoms with Crippen molar-refractivity contribution in [3.63, 3.8) is 0 Å². The molecular formula is C23H22N4O4. The smallest absolute Gasteiger partial charge is 0.259 e. The summed E-state index contributed by atoms with van der Waals surface area (Å²) in [5.74, 6) is 0.206. The number of amides is 2. The second kappa shape index (κ2) is 8.43. The van der Waals surface area contributed by atoms with Crippen molar-refractivity contribution >= 4 is 28.6 Å². The highest BCUT2D eigenvalue weighted by Crippen LogP contribution is 2.28. The molecule has 8 nitrogen and oxygen atoms in total. The fourth-order valence-corrected chi connectivity index (χ4v) is 3.29. The second-order valence-corrected chi connectivity index (χ2v) is 7.20. The summed E-state index contributed by atoms with van der Waals surface area (Å²) in [7, 11) is 0. The molecule has 31 heavy (non-hydrogen) atoms. The van der Waals surface area contributed by atoms with Crippen LogP contribution in [0, 0.1) is 6.92 Å². The number of carbonyl (C=O) groups is 2. The number of aromatic nitrogens is 2. The number of benzene rings is 1. The molecule has 0 saturated carbocycles. The van der Waals surface area contributed by atoms with Crippen LogP contribution in [-0.4, -0.2) is 22.0 Å². The highest BCUT2D eigenvalue weighted by molar-refractivity contribution is 6.07. The van der Waals surface area contributed by atoms with Crippen LogP contribution in [0.25, 0.3) is 22.6 Å². The summed E-state index contributed by atoms with van der Waals surface area (Å²) in [6.07, 6.45) is 1.96. The van der Waals surface area contributed by atoms with Crippen LogP contribution >= 0.6 is 0 Å². The predicted octanol–water partition coefficient (Wildman–Crippen LogP) is 4.63. The average molecular weight is 418 g/mol. The Hall–Kier alpha value is -3.94. The number of rotatable bonds is 6. The number of aryl methyl sites for hydroxylation is 1. The van der Waals surface area contributed by atoms with Gasteiger partial charge in [-0.25, -0.2) is 4.98 Å². The Labute approximate surface area is 178 Å². The highest BCUT2D eigenvalue weighted by atomic mass is 16.5. The molecule has 2 N–H and O–H groups in total. The van der Waals surface area contributed by atoms with Crippen LogP contribution in [0.4, 0.5) is 5.69 Å². The molecule has 158 valence electrons. The first kappa shape index (κ1) is 20.3. The second-order valence-electron chi connectivity index (χ2n) is 7.20. The van der Waals surface area contributed by atoms with E-state index in [-0.39, 0.29) is 23.6 Å². The quantitative estimate of drug-likeness (QED) is 0.472. The third kappa shape index (κ3) is 4.18. The van der Waals surface area contributed by atoms with Crippen LogP contribution in [0.5, 0.6) is 0 Å². The van der Waals surface area contributed by atoms with E-state index in [0.29, 0.717) is 40.2 Å². The number of hydrogen-bond donors (Lipinski definition) is 2. The van der Waals surface area contributed by atoms with Crippen LogP contribution in [0.3, 0.4) is 0 Å². The van der Waals surface area contributed by atoms with Gasteiger partial charge in [-0.05, 0) is 49.7 Å². The van der Waals surface area contributed by atoms with Crippen LogP contribution in [0.2, 0.25) is 0 Å². The SMILES string of the molecule is CCC(=O)Nc1ccc(C(C)NC(=O)c2cc(-c3ccco3)nc3onc(C)c23)cc1. The van der Waals surface area contributed by atoms with Crippen molar-refractivity contribution in [1.29, 1.82) is 0 Å². The first-order chi connectivity index (χ1) is 15.0. The Kier molecular flexibility index (Phi) is 5.53. The fourth-order valence-electron chi connectivity index (χ4n) is 3.29. The van der Waals surface area contributed by atoms with E-state index in [4.69, 9.17) is 8.94 Å². The number of hydrogen-bond acceptors (Lipinski definition) is 6. The van der Waals surface area contributed by atoms with Gasteiger partial charge in [0, 0.05) is 12.1 Å². The van der Waals surface area contributed by atoms with Crippen molar-refractivity contribution in [3.05, 3.63) is 65.5 Å². The lowest BCUT2D eigenvalue weighted by atomic mass is 10.1. The van der Waals surface area contributed by atoms with Crippen LogP contribution in [0.15, 0.2) is 57.7 Å². The Balaban J connectivity index is 1.59. The zero-order chi connectivity index (χ0) is 22.0. The topological polar surface area (TPSA) is 110 Å². The summed E-state index contributed by atoms with van der Waals surface area (Å²) < 4.78 is 10.7.